The smallest absolute Gasteiger partial charge is 0.308 e. The van der Waals surface area contributed by atoms with Crippen LogP contribution in [0.5, 0.6) is 0 Å². The van der Waals surface area contributed by atoms with E-state index in [1.54, 1.807) is 0 Å². The summed E-state index contributed by atoms with van der Waals surface area (Å²) >= 11 is 0. The predicted molar refractivity (Wildman–Crippen MR) is 258 cm³/mol. The van der Waals surface area contributed by atoms with Crippen LogP contribution in [0.4, 0.5) is 0 Å². The van der Waals surface area contributed by atoms with E-state index in [1.807, 2.05) is 0 Å². The normalized spacial score (nSPS) is 13.4. The summed E-state index contributed by atoms with van der Waals surface area (Å²) in [5.74, 6) is 0.155. The molecule has 0 aromatic carbocycles. The van der Waals surface area contributed by atoms with Crippen molar-refractivity contribution < 1.29 is 27.7 Å². The molecule has 0 aliphatic rings. The number of aliphatic hydroxyl groups excluding tert-OH is 1. The standard InChI is InChI=1S/C51H105NO6S/c1-7-11-15-19-21-26-36-46-55-50(41-31-22-17-13-9-3)58-59(5,6)57-48-38-28-25-33-43-52(44-34-35-45-53)42-32-24-27-37-47-56-51(54)49(39-29-18-14-10-4)40-30-23-20-16-12-8-2/h49-50,53H,7-48H2,1-6H3. The summed E-state index contributed by atoms with van der Waals surface area (Å²) in [6.07, 6.45) is 45.9. The van der Waals surface area contributed by atoms with E-state index in [0.717, 1.165) is 110 Å². The van der Waals surface area contributed by atoms with Crippen LogP contribution in [0.15, 0.2) is 0 Å². The Hall–Kier alpha value is -0.380. The molecule has 0 saturated heterocycles. The molecule has 2 unspecified atom stereocenters. The lowest BCUT2D eigenvalue weighted by Gasteiger charge is -2.38. The Morgan fingerprint density at radius 3 is 1.37 bits per heavy atom. The number of nitrogens with zero attached hydrogens (tertiary/aromatic N) is 1. The molecule has 0 aliphatic carbocycles. The lowest BCUT2D eigenvalue weighted by molar-refractivity contribution is -0.149. The second-order valence-corrected chi connectivity index (χ2v) is 20.8. The fraction of sp³-hybridized carbons (Fsp3) is 0.980. The SMILES string of the molecule is CCCCCCCCCOC(CCCCCCC)OS(C)(C)OCCCCCCN(CCCCO)CCCCCCOC(=O)C(CCCCCC)CCCCCCCC. The molecule has 0 bridgehead atoms. The van der Waals surface area contributed by atoms with Gasteiger partial charge in [-0.05, 0) is 83.8 Å². The monoisotopic (exact) mass is 860 g/mol. The molecular formula is C51H105NO6S. The summed E-state index contributed by atoms with van der Waals surface area (Å²) in [6, 6.07) is 0. The molecule has 8 heteroatoms. The summed E-state index contributed by atoms with van der Waals surface area (Å²) in [4.78, 5) is 15.6. The Kier molecular flexibility index (Phi) is 45.3. The van der Waals surface area contributed by atoms with Gasteiger partial charge in [0.05, 0.1) is 19.1 Å². The van der Waals surface area contributed by atoms with E-state index in [-0.39, 0.29) is 24.8 Å². The highest BCUT2D eigenvalue weighted by atomic mass is 32.3. The molecule has 2 atom stereocenters. The van der Waals surface area contributed by atoms with Crippen LogP contribution in [0, 0.1) is 5.92 Å². The third-order valence-electron chi connectivity index (χ3n) is 11.8. The number of unbranched alkanes of at least 4 members (excludes halogenated alkanes) is 25. The number of ether oxygens (including phenoxy) is 2. The summed E-state index contributed by atoms with van der Waals surface area (Å²) in [5, 5.41) is 9.37. The molecule has 0 aliphatic heterocycles. The third-order valence-corrected chi connectivity index (χ3v) is 13.2. The zero-order valence-electron chi connectivity index (χ0n) is 40.7. The highest BCUT2D eigenvalue weighted by Gasteiger charge is 2.20. The molecule has 0 fully saturated rings. The van der Waals surface area contributed by atoms with Crippen molar-refractivity contribution in [2.75, 3.05) is 58.6 Å². The van der Waals surface area contributed by atoms with Crippen molar-refractivity contribution in [1.82, 2.24) is 4.90 Å². The van der Waals surface area contributed by atoms with Gasteiger partial charge in [0.25, 0.3) is 0 Å². The van der Waals surface area contributed by atoms with Crippen molar-refractivity contribution in [2.45, 2.75) is 259 Å². The van der Waals surface area contributed by atoms with Gasteiger partial charge >= 0.3 is 5.97 Å². The fourth-order valence-corrected chi connectivity index (χ4v) is 9.16. The summed E-state index contributed by atoms with van der Waals surface area (Å²) in [5.41, 5.74) is 0. The zero-order chi connectivity index (χ0) is 43.3. The third kappa shape index (κ3) is 41.4. The Morgan fingerprint density at radius 2 is 0.864 bits per heavy atom. The minimum absolute atomic E-state index is 0.0612. The van der Waals surface area contributed by atoms with Gasteiger partial charge in [0.15, 0.2) is 6.29 Å². The van der Waals surface area contributed by atoms with Gasteiger partial charge in [-0.3, -0.25) is 13.2 Å². The molecule has 0 rings (SSSR count). The molecule has 0 heterocycles. The van der Waals surface area contributed by atoms with Crippen LogP contribution in [0.3, 0.4) is 0 Å². The van der Waals surface area contributed by atoms with Gasteiger partial charge in [0, 0.05) is 32.1 Å². The van der Waals surface area contributed by atoms with Gasteiger partial charge < -0.3 is 19.5 Å². The van der Waals surface area contributed by atoms with Crippen LogP contribution in [-0.4, -0.2) is 80.8 Å². The maximum absolute atomic E-state index is 13.0. The molecule has 0 aromatic rings. The van der Waals surface area contributed by atoms with E-state index < -0.39 is 10.6 Å². The Bertz CT molecular complexity index is 847. The number of esters is 1. The number of carbonyl (C=O) groups is 1. The molecule has 7 nitrogen and oxygen atoms in total. The van der Waals surface area contributed by atoms with Gasteiger partial charge in [-0.15, -0.1) is 0 Å². The first-order valence-corrected chi connectivity index (χ1v) is 28.3. The van der Waals surface area contributed by atoms with E-state index in [1.165, 1.54) is 148 Å². The molecule has 0 radical (unpaired) electrons. The van der Waals surface area contributed by atoms with Crippen molar-refractivity contribution in [3.05, 3.63) is 0 Å². The van der Waals surface area contributed by atoms with Gasteiger partial charge in [0.1, 0.15) is 0 Å². The maximum atomic E-state index is 13.0. The summed E-state index contributed by atoms with van der Waals surface area (Å²) < 4.78 is 25.1. The van der Waals surface area contributed by atoms with Gasteiger partial charge in [-0.1, -0.05) is 182 Å². The number of aliphatic hydroxyl groups is 1. The predicted octanol–water partition coefficient (Wildman–Crippen LogP) is 15.4. The van der Waals surface area contributed by atoms with Crippen molar-refractivity contribution in [3.63, 3.8) is 0 Å². The van der Waals surface area contributed by atoms with Gasteiger partial charge in [-0.2, -0.15) is 10.6 Å². The van der Waals surface area contributed by atoms with E-state index in [2.05, 4.69) is 45.1 Å². The molecule has 0 aromatic heterocycles. The van der Waals surface area contributed by atoms with E-state index >= 15 is 0 Å². The Morgan fingerprint density at radius 1 is 0.475 bits per heavy atom. The molecule has 1 N–H and O–H groups in total. The van der Waals surface area contributed by atoms with Crippen LogP contribution in [0.25, 0.3) is 0 Å². The van der Waals surface area contributed by atoms with E-state index in [4.69, 9.17) is 17.8 Å². The minimum Gasteiger partial charge on any atom is -0.465 e. The number of hydrogen-bond acceptors (Lipinski definition) is 7. The first-order chi connectivity index (χ1) is 28.8. The van der Waals surface area contributed by atoms with Crippen LogP contribution < -0.4 is 0 Å². The van der Waals surface area contributed by atoms with E-state index in [0.29, 0.717) is 6.61 Å². The van der Waals surface area contributed by atoms with Crippen molar-refractivity contribution in [1.29, 1.82) is 0 Å². The highest BCUT2D eigenvalue weighted by molar-refractivity contribution is 8.24. The largest absolute Gasteiger partial charge is 0.465 e. The maximum Gasteiger partial charge on any atom is 0.308 e. The van der Waals surface area contributed by atoms with Gasteiger partial charge in [0.2, 0.25) is 0 Å². The Balaban J connectivity index is 4.45. The zero-order valence-corrected chi connectivity index (χ0v) is 41.5. The molecular weight excluding hydrogens is 755 g/mol. The number of hydrogen-bond donors (Lipinski definition) is 1. The number of carbonyl (C=O) groups excluding carboxylic acids is 1. The van der Waals surface area contributed by atoms with Crippen molar-refractivity contribution in [3.8, 4) is 0 Å². The van der Waals surface area contributed by atoms with E-state index in [9.17, 15) is 9.90 Å². The fourth-order valence-electron chi connectivity index (χ4n) is 7.92. The molecule has 0 spiro atoms. The average Bonchev–Trinajstić information content (AvgIpc) is 3.22. The van der Waals surface area contributed by atoms with Gasteiger partial charge in [-0.25, -0.2) is 0 Å². The quantitative estimate of drug-likeness (QED) is 0.0371. The molecule has 59 heavy (non-hydrogen) atoms. The summed E-state index contributed by atoms with van der Waals surface area (Å²) in [6.45, 7) is 14.7. The second-order valence-electron chi connectivity index (χ2n) is 18.1. The number of rotatable bonds is 49. The van der Waals surface area contributed by atoms with Crippen LogP contribution in [-0.2, 0) is 22.6 Å². The van der Waals surface area contributed by atoms with Crippen LogP contribution >= 0.6 is 10.6 Å². The summed E-state index contributed by atoms with van der Waals surface area (Å²) in [7, 11) is -1.62. The Labute approximate surface area is 371 Å². The first kappa shape index (κ1) is 58.6. The van der Waals surface area contributed by atoms with Crippen LogP contribution in [0.1, 0.15) is 252 Å². The topological polar surface area (TPSA) is 77.5 Å². The molecule has 0 amide bonds. The van der Waals surface area contributed by atoms with Crippen LogP contribution in [0.2, 0.25) is 0 Å². The van der Waals surface area contributed by atoms with Crippen molar-refractivity contribution in [2.24, 2.45) is 5.92 Å². The highest BCUT2D eigenvalue weighted by Crippen LogP contribution is 2.45. The minimum atomic E-state index is -1.62. The first-order valence-electron chi connectivity index (χ1n) is 26.0. The van der Waals surface area contributed by atoms with Crippen molar-refractivity contribution >= 4 is 16.6 Å². The molecule has 0 saturated carbocycles. The lowest BCUT2D eigenvalue weighted by atomic mass is 9.94. The lowest BCUT2D eigenvalue weighted by Crippen LogP contribution is -2.27. The molecule has 356 valence electrons. The average molecular weight is 860 g/mol. The second kappa shape index (κ2) is 45.6.